The molecule has 1 heterocycles. The second kappa shape index (κ2) is 8.48. The molecule has 1 aromatic heterocycles. The van der Waals surface area contributed by atoms with Gasteiger partial charge in [0.15, 0.2) is 5.13 Å². The first-order valence-electron chi connectivity index (χ1n) is 9.10. The number of fused-ring (bicyclic) bond motifs is 1. The summed E-state index contributed by atoms with van der Waals surface area (Å²) in [5.74, 6) is -0.252. The summed E-state index contributed by atoms with van der Waals surface area (Å²) in [7, 11) is 0. The Labute approximate surface area is 178 Å². The van der Waals surface area contributed by atoms with Crippen molar-refractivity contribution in [1.29, 1.82) is 0 Å². The Morgan fingerprint density at radius 1 is 1.07 bits per heavy atom. The molecule has 1 aliphatic carbocycles. The highest BCUT2D eigenvalue weighted by Crippen LogP contribution is 2.29. The predicted octanol–water partition coefficient (Wildman–Crippen LogP) is 6.65. The standard InChI is InChI=1S/C22H18Cl2N2OS/c23-18-9-7-15(19(24)12-18)8-10-21(27)26-22-25-20(13-28-22)17-6-5-14-3-1-2-4-16(14)11-17/h5-13H,1-4H2,(H,25,26,27)/b10-8+. The van der Waals surface area contributed by atoms with Gasteiger partial charge in [0.05, 0.1) is 5.69 Å². The van der Waals surface area contributed by atoms with Gasteiger partial charge in [-0.3, -0.25) is 10.1 Å². The van der Waals surface area contributed by atoms with Gasteiger partial charge in [-0.15, -0.1) is 11.3 Å². The zero-order valence-electron chi connectivity index (χ0n) is 15.0. The van der Waals surface area contributed by atoms with Gasteiger partial charge < -0.3 is 0 Å². The van der Waals surface area contributed by atoms with Gasteiger partial charge in [0, 0.05) is 27.1 Å². The number of thiazole rings is 1. The van der Waals surface area contributed by atoms with Crippen LogP contribution in [0.5, 0.6) is 0 Å². The predicted molar refractivity (Wildman–Crippen MR) is 118 cm³/mol. The van der Waals surface area contributed by atoms with Crippen LogP contribution in [0.1, 0.15) is 29.5 Å². The van der Waals surface area contributed by atoms with Gasteiger partial charge in [0.2, 0.25) is 5.91 Å². The highest BCUT2D eigenvalue weighted by Gasteiger charge is 2.12. The number of carbonyl (C=O) groups is 1. The lowest BCUT2D eigenvalue weighted by atomic mass is 9.90. The summed E-state index contributed by atoms with van der Waals surface area (Å²) in [5.41, 5.74) is 5.59. The molecule has 0 unspecified atom stereocenters. The van der Waals surface area contributed by atoms with Crippen molar-refractivity contribution >= 4 is 51.7 Å². The Balaban J connectivity index is 1.44. The smallest absolute Gasteiger partial charge is 0.250 e. The molecule has 142 valence electrons. The monoisotopic (exact) mass is 428 g/mol. The molecule has 4 rings (SSSR count). The van der Waals surface area contributed by atoms with Crippen LogP contribution in [-0.4, -0.2) is 10.9 Å². The van der Waals surface area contributed by atoms with Gasteiger partial charge in [-0.25, -0.2) is 4.98 Å². The molecule has 1 aliphatic rings. The average molecular weight is 429 g/mol. The highest BCUT2D eigenvalue weighted by molar-refractivity contribution is 7.14. The van der Waals surface area contributed by atoms with E-state index in [-0.39, 0.29) is 5.91 Å². The van der Waals surface area contributed by atoms with Crippen molar-refractivity contribution in [2.45, 2.75) is 25.7 Å². The molecule has 0 fully saturated rings. The molecular weight excluding hydrogens is 411 g/mol. The van der Waals surface area contributed by atoms with Gasteiger partial charge in [-0.1, -0.05) is 41.4 Å². The van der Waals surface area contributed by atoms with Gasteiger partial charge >= 0.3 is 0 Å². The Hall–Kier alpha value is -2.14. The number of anilines is 1. The molecule has 1 amide bonds. The van der Waals surface area contributed by atoms with E-state index in [1.54, 1.807) is 24.3 Å². The highest BCUT2D eigenvalue weighted by atomic mass is 35.5. The second-order valence-corrected chi connectivity index (χ2v) is 8.42. The van der Waals surface area contributed by atoms with Crippen molar-refractivity contribution in [2.75, 3.05) is 5.32 Å². The first-order chi connectivity index (χ1) is 13.6. The summed E-state index contributed by atoms with van der Waals surface area (Å²) in [6.45, 7) is 0. The average Bonchev–Trinajstić information content (AvgIpc) is 3.15. The molecule has 2 aromatic carbocycles. The zero-order valence-corrected chi connectivity index (χ0v) is 17.4. The van der Waals surface area contributed by atoms with Crippen molar-refractivity contribution in [3.05, 3.63) is 74.6 Å². The molecule has 1 N–H and O–H groups in total. The topological polar surface area (TPSA) is 42.0 Å². The van der Waals surface area contributed by atoms with Crippen LogP contribution in [0.4, 0.5) is 5.13 Å². The summed E-state index contributed by atoms with van der Waals surface area (Å²) >= 11 is 13.4. The number of amides is 1. The summed E-state index contributed by atoms with van der Waals surface area (Å²) in [5, 5.41) is 6.41. The number of nitrogens with one attached hydrogen (secondary N) is 1. The Kier molecular flexibility index (Phi) is 5.81. The third-order valence-corrected chi connectivity index (χ3v) is 6.08. The Morgan fingerprint density at radius 2 is 1.89 bits per heavy atom. The number of rotatable bonds is 4. The number of hydrogen-bond acceptors (Lipinski definition) is 3. The van der Waals surface area contributed by atoms with E-state index < -0.39 is 0 Å². The minimum atomic E-state index is -0.252. The lowest BCUT2D eigenvalue weighted by Gasteiger charge is -2.16. The largest absolute Gasteiger partial charge is 0.298 e. The number of hydrogen-bond donors (Lipinski definition) is 1. The van der Waals surface area contributed by atoms with E-state index in [1.807, 2.05) is 5.38 Å². The molecule has 3 aromatic rings. The molecule has 0 spiro atoms. The number of aryl methyl sites for hydroxylation is 2. The van der Waals surface area contributed by atoms with Crippen LogP contribution >= 0.6 is 34.5 Å². The van der Waals surface area contributed by atoms with E-state index in [1.165, 1.54) is 41.4 Å². The number of halogens is 2. The minimum Gasteiger partial charge on any atom is -0.298 e. The van der Waals surface area contributed by atoms with Crippen molar-refractivity contribution in [1.82, 2.24) is 4.98 Å². The molecule has 0 radical (unpaired) electrons. The maximum Gasteiger partial charge on any atom is 0.250 e. The van der Waals surface area contributed by atoms with Crippen molar-refractivity contribution in [3.63, 3.8) is 0 Å². The Morgan fingerprint density at radius 3 is 2.71 bits per heavy atom. The number of benzene rings is 2. The first-order valence-corrected chi connectivity index (χ1v) is 10.7. The minimum absolute atomic E-state index is 0.252. The second-order valence-electron chi connectivity index (χ2n) is 6.72. The van der Waals surface area contributed by atoms with Crippen LogP contribution in [0.15, 0.2) is 47.9 Å². The molecule has 0 saturated heterocycles. The fraction of sp³-hybridized carbons (Fsp3) is 0.182. The molecule has 6 heteroatoms. The molecular formula is C22H18Cl2N2OS. The third-order valence-electron chi connectivity index (χ3n) is 4.76. The summed E-state index contributed by atoms with van der Waals surface area (Å²) < 4.78 is 0. The van der Waals surface area contributed by atoms with E-state index in [0.29, 0.717) is 15.2 Å². The summed E-state index contributed by atoms with van der Waals surface area (Å²) in [6, 6.07) is 11.7. The van der Waals surface area contributed by atoms with E-state index in [2.05, 4.69) is 28.5 Å². The normalized spacial score (nSPS) is 13.5. The molecule has 3 nitrogen and oxygen atoms in total. The summed E-state index contributed by atoms with van der Waals surface area (Å²) in [4.78, 5) is 16.8. The van der Waals surface area contributed by atoms with E-state index in [0.717, 1.165) is 29.7 Å². The van der Waals surface area contributed by atoms with Gasteiger partial charge in [0.25, 0.3) is 0 Å². The number of nitrogens with zero attached hydrogens (tertiary/aromatic N) is 1. The van der Waals surface area contributed by atoms with Gasteiger partial charge in [0.1, 0.15) is 0 Å². The van der Waals surface area contributed by atoms with E-state index >= 15 is 0 Å². The van der Waals surface area contributed by atoms with Gasteiger partial charge in [-0.05, 0) is 66.6 Å². The van der Waals surface area contributed by atoms with Crippen molar-refractivity contribution in [3.8, 4) is 11.3 Å². The number of aromatic nitrogens is 1. The molecule has 0 bridgehead atoms. The van der Waals surface area contributed by atoms with E-state index in [9.17, 15) is 4.79 Å². The maximum absolute atomic E-state index is 12.2. The van der Waals surface area contributed by atoms with Crippen LogP contribution < -0.4 is 5.32 Å². The van der Waals surface area contributed by atoms with Crippen LogP contribution in [0.2, 0.25) is 10.0 Å². The SMILES string of the molecule is O=C(/C=C/c1ccc(Cl)cc1Cl)Nc1nc(-c2ccc3c(c2)CCCC3)cs1. The van der Waals surface area contributed by atoms with Crippen molar-refractivity contribution < 1.29 is 4.79 Å². The lowest BCUT2D eigenvalue weighted by Crippen LogP contribution is -2.07. The Bertz CT molecular complexity index is 1060. The fourth-order valence-corrected chi connectivity index (χ4v) is 4.50. The van der Waals surface area contributed by atoms with Crippen LogP contribution in [0.25, 0.3) is 17.3 Å². The van der Waals surface area contributed by atoms with Crippen LogP contribution in [0, 0.1) is 0 Å². The molecule has 28 heavy (non-hydrogen) atoms. The summed E-state index contributed by atoms with van der Waals surface area (Å²) in [6.07, 6.45) is 7.92. The van der Waals surface area contributed by atoms with Crippen LogP contribution in [-0.2, 0) is 17.6 Å². The zero-order chi connectivity index (χ0) is 19.5. The first kappa shape index (κ1) is 19.2. The molecule has 0 saturated carbocycles. The third kappa shape index (κ3) is 4.46. The lowest BCUT2D eigenvalue weighted by molar-refractivity contribution is -0.111. The maximum atomic E-state index is 12.2. The molecule has 0 aliphatic heterocycles. The quantitative estimate of drug-likeness (QED) is 0.472. The van der Waals surface area contributed by atoms with Crippen molar-refractivity contribution in [2.24, 2.45) is 0 Å². The van der Waals surface area contributed by atoms with Crippen LogP contribution in [0.3, 0.4) is 0 Å². The van der Waals surface area contributed by atoms with E-state index in [4.69, 9.17) is 23.2 Å². The van der Waals surface area contributed by atoms with Gasteiger partial charge in [-0.2, -0.15) is 0 Å². The number of carbonyl (C=O) groups excluding carboxylic acids is 1. The fourth-order valence-electron chi connectivity index (χ4n) is 3.31. The molecule has 0 atom stereocenters.